The largest absolute Gasteiger partial charge is 0.366 e. The smallest absolute Gasteiger partial charge is 0.133 e. The molecule has 0 amide bonds. The van der Waals surface area contributed by atoms with Crippen LogP contribution in [0.5, 0.6) is 0 Å². The van der Waals surface area contributed by atoms with Crippen LogP contribution in [-0.4, -0.2) is 21.4 Å². The maximum atomic E-state index is 6.38. The lowest BCUT2D eigenvalue weighted by molar-refractivity contribution is 0.468. The van der Waals surface area contributed by atoms with E-state index in [9.17, 15) is 0 Å². The highest BCUT2D eigenvalue weighted by Gasteiger charge is 2.25. The second-order valence-electron chi connectivity index (χ2n) is 5.05. The van der Waals surface area contributed by atoms with E-state index in [-0.39, 0.29) is 5.38 Å². The van der Waals surface area contributed by atoms with Gasteiger partial charge in [0.25, 0.3) is 0 Å². The van der Waals surface area contributed by atoms with Gasteiger partial charge in [0.2, 0.25) is 0 Å². The molecule has 2 atom stereocenters. The second kappa shape index (κ2) is 4.81. The number of aryl methyl sites for hydroxylation is 1. The number of fused-ring (bicyclic) bond motifs is 1. The van der Waals surface area contributed by atoms with Crippen LogP contribution in [-0.2, 0) is 12.8 Å². The summed E-state index contributed by atoms with van der Waals surface area (Å²) < 4.78 is 0. The van der Waals surface area contributed by atoms with E-state index < -0.39 is 0 Å². The van der Waals surface area contributed by atoms with Gasteiger partial charge in [0.15, 0.2) is 0 Å². The van der Waals surface area contributed by atoms with Crippen LogP contribution in [0.2, 0.25) is 0 Å². The Balaban J connectivity index is 1.78. The first-order valence-corrected chi connectivity index (χ1v) is 7.01. The zero-order valence-corrected chi connectivity index (χ0v) is 10.7. The lowest BCUT2D eigenvalue weighted by Gasteiger charge is -2.28. The maximum Gasteiger partial charge on any atom is 0.133 e. The molecule has 0 radical (unpaired) electrons. The maximum absolute atomic E-state index is 6.38. The molecule has 0 bridgehead atoms. The summed E-state index contributed by atoms with van der Waals surface area (Å²) in [5, 5.41) is 3.79. The number of aromatic nitrogens is 2. The van der Waals surface area contributed by atoms with Crippen molar-refractivity contribution in [2.75, 3.05) is 5.32 Å². The van der Waals surface area contributed by atoms with E-state index >= 15 is 0 Å². The summed E-state index contributed by atoms with van der Waals surface area (Å²) in [7, 11) is 0. The van der Waals surface area contributed by atoms with Crippen molar-refractivity contribution < 1.29 is 0 Å². The normalized spacial score (nSPS) is 27.8. The first-order valence-electron chi connectivity index (χ1n) is 6.58. The molecule has 1 fully saturated rings. The molecule has 17 heavy (non-hydrogen) atoms. The van der Waals surface area contributed by atoms with Crippen molar-refractivity contribution in [1.29, 1.82) is 0 Å². The van der Waals surface area contributed by atoms with E-state index in [0.29, 0.717) is 6.04 Å². The van der Waals surface area contributed by atoms with Gasteiger partial charge < -0.3 is 5.32 Å². The van der Waals surface area contributed by atoms with E-state index in [1.807, 2.05) is 0 Å². The van der Waals surface area contributed by atoms with E-state index in [4.69, 9.17) is 11.6 Å². The van der Waals surface area contributed by atoms with Gasteiger partial charge in [0, 0.05) is 17.3 Å². The number of anilines is 1. The number of rotatable bonds is 2. The molecule has 4 heteroatoms. The number of halogens is 1. The van der Waals surface area contributed by atoms with E-state index in [2.05, 4.69) is 15.3 Å². The molecule has 1 aromatic heterocycles. The van der Waals surface area contributed by atoms with E-state index in [0.717, 1.165) is 31.5 Å². The Kier molecular flexibility index (Phi) is 3.19. The molecular formula is C13H18ClN3. The van der Waals surface area contributed by atoms with Gasteiger partial charge in [-0.05, 0) is 32.1 Å². The van der Waals surface area contributed by atoms with Crippen LogP contribution in [0.1, 0.15) is 43.4 Å². The Labute approximate surface area is 107 Å². The molecule has 0 aliphatic heterocycles. The van der Waals surface area contributed by atoms with E-state index in [1.165, 1.54) is 30.5 Å². The van der Waals surface area contributed by atoms with Crippen molar-refractivity contribution >= 4 is 17.4 Å². The molecule has 0 saturated heterocycles. The number of hydrogen-bond acceptors (Lipinski definition) is 3. The fourth-order valence-corrected chi connectivity index (χ4v) is 3.25. The van der Waals surface area contributed by atoms with Gasteiger partial charge in [-0.3, -0.25) is 0 Å². The summed E-state index contributed by atoms with van der Waals surface area (Å²) in [6, 6.07) is 0.380. The van der Waals surface area contributed by atoms with Gasteiger partial charge in [-0.2, -0.15) is 0 Å². The monoisotopic (exact) mass is 251 g/mol. The van der Waals surface area contributed by atoms with Crippen molar-refractivity contribution in [3.05, 3.63) is 17.6 Å². The summed E-state index contributed by atoms with van der Waals surface area (Å²) >= 11 is 6.38. The standard InChI is InChI=1S/C13H18ClN3/c14-10-5-1-2-6-12(10)17-13-9-4-3-7-11(9)15-8-16-13/h8,10,12H,1-7H2,(H,15,16,17). The molecule has 1 aromatic rings. The summed E-state index contributed by atoms with van der Waals surface area (Å²) in [6.45, 7) is 0. The lowest BCUT2D eigenvalue weighted by Crippen LogP contribution is -2.33. The minimum absolute atomic E-state index is 0.246. The Morgan fingerprint density at radius 1 is 1.12 bits per heavy atom. The number of hydrogen-bond donors (Lipinski definition) is 1. The predicted octanol–water partition coefficient (Wildman–Crippen LogP) is 2.93. The summed E-state index contributed by atoms with van der Waals surface area (Å²) in [6.07, 6.45) is 9.90. The average molecular weight is 252 g/mol. The van der Waals surface area contributed by atoms with Crippen LogP contribution in [0.25, 0.3) is 0 Å². The molecule has 92 valence electrons. The third-order valence-electron chi connectivity index (χ3n) is 3.88. The quantitative estimate of drug-likeness (QED) is 0.822. The molecule has 1 saturated carbocycles. The van der Waals surface area contributed by atoms with Crippen LogP contribution in [0, 0.1) is 0 Å². The van der Waals surface area contributed by atoms with E-state index in [1.54, 1.807) is 6.33 Å². The number of nitrogens with zero attached hydrogens (tertiary/aromatic N) is 2. The van der Waals surface area contributed by atoms with Gasteiger partial charge >= 0.3 is 0 Å². The van der Waals surface area contributed by atoms with Crippen LogP contribution < -0.4 is 5.32 Å². The molecule has 1 N–H and O–H groups in total. The van der Waals surface area contributed by atoms with Gasteiger partial charge in [0.05, 0.1) is 5.38 Å². The topological polar surface area (TPSA) is 37.8 Å². The molecule has 0 aromatic carbocycles. The van der Waals surface area contributed by atoms with Gasteiger partial charge in [-0.15, -0.1) is 11.6 Å². The highest BCUT2D eigenvalue weighted by Crippen LogP contribution is 2.29. The zero-order valence-electron chi connectivity index (χ0n) is 9.95. The molecule has 2 aliphatic carbocycles. The summed E-state index contributed by atoms with van der Waals surface area (Å²) in [5.41, 5.74) is 2.55. The molecule has 2 aliphatic rings. The van der Waals surface area contributed by atoms with Crippen LogP contribution >= 0.6 is 11.6 Å². The Bertz CT molecular complexity index is 408. The summed E-state index contributed by atoms with van der Waals surface area (Å²) in [5.74, 6) is 1.03. The average Bonchev–Trinajstić information content (AvgIpc) is 2.81. The van der Waals surface area contributed by atoms with Crippen molar-refractivity contribution in [2.24, 2.45) is 0 Å². The first-order chi connectivity index (χ1) is 8.34. The van der Waals surface area contributed by atoms with Crippen molar-refractivity contribution in [3.8, 4) is 0 Å². The first kappa shape index (κ1) is 11.3. The van der Waals surface area contributed by atoms with Crippen LogP contribution in [0.15, 0.2) is 6.33 Å². The Morgan fingerprint density at radius 2 is 2.00 bits per heavy atom. The fourth-order valence-electron chi connectivity index (χ4n) is 2.91. The highest BCUT2D eigenvalue weighted by molar-refractivity contribution is 6.21. The molecule has 2 unspecified atom stereocenters. The van der Waals surface area contributed by atoms with Gasteiger partial charge in [-0.1, -0.05) is 12.8 Å². The van der Waals surface area contributed by atoms with Crippen molar-refractivity contribution in [2.45, 2.75) is 56.4 Å². The highest BCUT2D eigenvalue weighted by atomic mass is 35.5. The SMILES string of the molecule is ClC1CCCCC1Nc1ncnc2c1CCC2. The second-order valence-corrected chi connectivity index (χ2v) is 5.61. The third kappa shape index (κ3) is 2.25. The predicted molar refractivity (Wildman–Crippen MR) is 69.6 cm³/mol. The molecule has 3 nitrogen and oxygen atoms in total. The Hall–Kier alpha value is -0.830. The fraction of sp³-hybridized carbons (Fsp3) is 0.692. The third-order valence-corrected chi connectivity index (χ3v) is 4.40. The zero-order chi connectivity index (χ0) is 11.7. The number of alkyl halides is 1. The molecule has 1 heterocycles. The molecular weight excluding hydrogens is 234 g/mol. The number of nitrogens with one attached hydrogen (secondary N) is 1. The van der Waals surface area contributed by atoms with Crippen LogP contribution in [0.3, 0.4) is 0 Å². The molecule has 0 spiro atoms. The minimum Gasteiger partial charge on any atom is -0.366 e. The Morgan fingerprint density at radius 3 is 2.88 bits per heavy atom. The van der Waals surface area contributed by atoms with Crippen molar-refractivity contribution in [1.82, 2.24) is 9.97 Å². The van der Waals surface area contributed by atoms with Crippen LogP contribution in [0.4, 0.5) is 5.82 Å². The molecule has 3 rings (SSSR count). The lowest BCUT2D eigenvalue weighted by atomic mass is 9.95. The minimum atomic E-state index is 0.246. The summed E-state index contributed by atoms with van der Waals surface area (Å²) in [4.78, 5) is 8.75. The van der Waals surface area contributed by atoms with Crippen molar-refractivity contribution in [3.63, 3.8) is 0 Å². The van der Waals surface area contributed by atoms with Gasteiger partial charge in [-0.25, -0.2) is 9.97 Å². The van der Waals surface area contributed by atoms with Gasteiger partial charge in [0.1, 0.15) is 12.1 Å².